The lowest BCUT2D eigenvalue weighted by Crippen LogP contribution is -2.45. The summed E-state index contributed by atoms with van der Waals surface area (Å²) in [6.45, 7) is 0. The quantitative estimate of drug-likeness (QED) is 0.757. The van der Waals surface area contributed by atoms with Crippen LogP contribution in [0.2, 0.25) is 0 Å². The van der Waals surface area contributed by atoms with Gasteiger partial charge in [0.05, 0.1) is 5.69 Å². The summed E-state index contributed by atoms with van der Waals surface area (Å²) in [5.41, 5.74) is 7.01. The topological polar surface area (TPSA) is 86.9 Å². The molecule has 2 bridgehead atoms. The summed E-state index contributed by atoms with van der Waals surface area (Å²) >= 11 is 0. The van der Waals surface area contributed by atoms with E-state index in [1.807, 2.05) is 30.3 Å². The SMILES string of the molecule is O=C(NNC(=O)[C@H]1C[C@H]2CC[C@H]1C2)c1cc(-c2ccccc2)n[nH]1. The highest BCUT2D eigenvalue weighted by molar-refractivity contribution is 5.94. The van der Waals surface area contributed by atoms with Crippen LogP contribution < -0.4 is 10.9 Å². The maximum Gasteiger partial charge on any atom is 0.287 e. The van der Waals surface area contributed by atoms with Gasteiger partial charge in [-0.1, -0.05) is 36.8 Å². The molecule has 1 aromatic carbocycles. The molecule has 2 aromatic rings. The first-order chi connectivity index (χ1) is 11.7. The van der Waals surface area contributed by atoms with Crippen molar-refractivity contribution in [1.29, 1.82) is 0 Å². The summed E-state index contributed by atoms with van der Waals surface area (Å²) in [5.74, 6) is 0.775. The standard InChI is InChI=1S/C18H20N4O2/c23-17(14-9-11-6-7-13(14)8-11)21-22-18(24)16-10-15(19-20-16)12-4-2-1-3-5-12/h1-5,10-11,13-14H,6-9H2,(H,19,20)(H,21,23)(H,22,24)/t11-,13-,14-/m0/s1. The van der Waals surface area contributed by atoms with Crippen molar-refractivity contribution in [2.75, 3.05) is 0 Å². The Balaban J connectivity index is 1.35. The number of amides is 2. The average molecular weight is 324 g/mol. The maximum absolute atomic E-state index is 12.2. The number of hydrogen-bond donors (Lipinski definition) is 3. The van der Waals surface area contributed by atoms with Crippen molar-refractivity contribution in [3.05, 3.63) is 42.1 Å². The molecule has 0 aliphatic heterocycles. The Morgan fingerprint density at radius 1 is 1.08 bits per heavy atom. The van der Waals surface area contributed by atoms with Gasteiger partial charge in [-0.25, -0.2) is 0 Å². The molecule has 24 heavy (non-hydrogen) atoms. The van der Waals surface area contributed by atoms with E-state index < -0.39 is 0 Å². The van der Waals surface area contributed by atoms with Gasteiger partial charge in [0.2, 0.25) is 5.91 Å². The summed E-state index contributed by atoms with van der Waals surface area (Å²) in [7, 11) is 0. The zero-order valence-corrected chi connectivity index (χ0v) is 13.3. The molecule has 3 N–H and O–H groups in total. The third-order valence-corrected chi connectivity index (χ3v) is 5.27. The molecule has 2 aliphatic rings. The van der Waals surface area contributed by atoms with Gasteiger partial charge in [-0.15, -0.1) is 0 Å². The first-order valence-corrected chi connectivity index (χ1v) is 8.41. The van der Waals surface area contributed by atoms with Crippen molar-refractivity contribution in [1.82, 2.24) is 21.0 Å². The van der Waals surface area contributed by atoms with Gasteiger partial charge in [-0.2, -0.15) is 5.10 Å². The Morgan fingerprint density at radius 2 is 1.92 bits per heavy atom. The van der Waals surface area contributed by atoms with E-state index in [2.05, 4.69) is 21.0 Å². The highest BCUT2D eigenvalue weighted by Crippen LogP contribution is 2.48. The van der Waals surface area contributed by atoms with Crippen molar-refractivity contribution in [3.8, 4) is 11.3 Å². The second-order valence-corrected chi connectivity index (χ2v) is 6.76. The summed E-state index contributed by atoms with van der Waals surface area (Å²) in [4.78, 5) is 24.4. The molecule has 0 unspecified atom stereocenters. The fraction of sp³-hybridized carbons (Fsp3) is 0.389. The van der Waals surface area contributed by atoms with E-state index in [0.717, 1.165) is 24.8 Å². The van der Waals surface area contributed by atoms with Crippen LogP contribution in [0.3, 0.4) is 0 Å². The number of nitrogens with zero attached hydrogens (tertiary/aromatic N) is 1. The number of carbonyl (C=O) groups is 2. The van der Waals surface area contributed by atoms with Crippen LogP contribution in [0.15, 0.2) is 36.4 Å². The van der Waals surface area contributed by atoms with Crippen LogP contribution in [-0.4, -0.2) is 22.0 Å². The summed E-state index contributed by atoms with van der Waals surface area (Å²) in [6.07, 6.45) is 4.50. The molecule has 1 aromatic heterocycles. The summed E-state index contributed by atoms with van der Waals surface area (Å²) in [5, 5.41) is 6.86. The van der Waals surface area contributed by atoms with Crippen LogP contribution in [0.5, 0.6) is 0 Å². The number of fused-ring (bicyclic) bond motifs is 2. The lowest BCUT2D eigenvalue weighted by molar-refractivity contribution is -0.127. The van der Waals surface area contributed by atoms with Crippen molar-refractivity contribution in [2.45, 2.75) is 25.7 Å². The van der Waals surface area contributed by atoms with E-state index in [1.165, 1.54) is 6.42 Å². The molecule has 124 valence electrons. The second-order valence-electron chi connectivity index (χ2n) is 6.76. The van der Waals surface area contributed by atoms with Gasteiger partial charge < -0.3 is 0 Å². The van der Waals surface area contributed by atoms with Crippen LogP contribution in [0.25, 0.3) is 11.3 Å². The van der Waals surface area contributed by atoms with Crippen molar-refractivity contribution in [2.24, 2.45) is 17.8 Å². The number of benzene rings is 1. The molecule has 6 heteroatoms. The summed E-state index contributed by atoms with van der Waals surface area (Å²) in [6, 6.07) is 11.3. The lowest BCUT2D eigenvalue weighted by atomic mass is 9.88. The van der Waals surface area contributed by atoms with Crippen LogP contribution in [0, 0.1) is 17.8 Å². The highest BCUT2D eigenvalue weighted by Gasteiger charge is 2.43. The number of carbonyl (C=O) groups excluding carboxylic acids is 2. The predicted octanol–water partition coefficient (Wildman–Crippen LogP) is 2.27. The zero-order valence-electron chi connectivity index (χ0n) is 13.3. The first-order valence-electron chi connectivity index (χ1n) is 8.41. The molecule has 2 amide bonds. The van der Waals surface area contributed by atoms with Gasteiger partial charge in [0, 0.05) is 11.5 Å². The molecule has 2 saturated carbocycles. The third-order valence-electron chi connectivity index (χ3n) is 5.27. The van der Waals surface area contributed by atoms with E-state index in [-0.39, 0.29) is 17.7 Å². The van der Waals surface area contributed by atoms with E-state index >= 15 is 0 Å². The van der Waals surface area contributed by atoms with Crippen molar-refractivity contribution >= 4 is 11.8 Å². The van der Waals surface area contributed by atoms with Crippen LogP contribution in [0.1, 0.15) is 36.2 Å². The molecule has 1 heterocycles. The Hall–Kier alpha value is -2.63. The molecular weight excluding hydrogens is 304 g/mol. The number of nitrogens with one attached hydrogen (secondary N) is 3. The zero-order chi connectivity index (χ0) is 16.5. The van der Waals surface area contributed by atoms with Gasteiger partial charge in [-0.3, -0.25) is 25.5 Å². The summed E-state index contributed by atoms with van der Waals surface area (Å²) < 4.78 is 0. The Labute approximate surface area is 140 Å². The largest absolute Gasteiger partial charge is 0.287 e. The second kappa shape index (κ2) is 6.11. The molecule has 2 aliphatic carbocycles. The third kappa shape index (κ3) is 2.79. The normalized spacial score (nSPS) is 24.8. The fourth-order valence-corrected chi connectivity index (χ4v) is 4.04. The van der Waals surface area contributed by atoms with E-state index in [4.69, 9.17) is 0 Å². The number of rotatable bonds is 3. The number of H-pyrrole nitrogens is 1. The number of hydrogen-bond acceptors (Lipinski definition) is 3. The van der Waals surface area contributed by atoms with Crippen molar-refractivity contribution < 1.29 is 9.59 Å². The molecule has 0 saturated heterocycles. The molecular formula is C18H20N4O2. The van der Waals surface area contributed by atoms with Gasteiger partial charge >= 0.3 is 0 Å². The molecule has 3 atom stereocenters. The maximum atomic E-state index is 12.2. The molecule has 2 fully saturated rings. The highest BCUT2D eigenvalue weighted by atomic mass is 16.2. The Morgan fingerprint density at radius 3 is 2.62 bits per heavy atom. The Kier molecular flexibility index (Phi) is 3.80. The average Bonchev–Trinajstić information content (AvgIpc) is 3.36. The van der Waals surface area contributed by atoms with E-state index in [9.17, 15) is 9.59 Å². The smallest absolute Gasteiger partial charge is 0.273 e. The van der Waals surface area contributed by atoms with Crippen LogP contribution >= 0.6 is 0 Å². The fourth-order valence-electron chi connectivity index (χ4n) is 4.04. The molecule has 0 radical (unpaired) electrons. The first kappa shape index (κ1) is 14.9. The van der Waals surface area contributed by atoms with Gasteiger partial charge in [0.15, 0.2) is 0 Å². The number of aromatic amines is 1. The van der Waals surface area contributed by atoms with Crippen molar-refractivity contribution in [3.63, 3.8) is 0 Å². The van der Waals surface area contributed by atoms with Gasteiger partial charge in [0.1, 0.15) is 5.69 Å². The minimum absolute atomic E-state index is 0.0469. The van der Waals surface area contributed by atoms with Crippen LogP contribution in [0.4, 0.5) is 0 Å². The number of hydrazine groups is 1. The minimum Gasteiger partial charge on any atom is -0.273 e. The predicted molar refractivity (Wildman–Crippen MR) is 88.6 cm³/mol. The van der Waals surface area contributed by atoms with Crippen LogP contribution in [-0.2, 0) is 4.79 Å². The van der Waals surface area contributed by atoms with E-state index in [0.29, 0.717) is 23.2 Å². The number of aromatic nitrogens is 2. The Bertz CT molecular complexity index is 755. The van der Waals surface area contributed by atoms with Gasteiger partial charge in [0.25, 0.3) is 5.91 Å². The molecule has 6 nitrogen and oxygen atoms in total. The molecule has 4 rings (SSSR count). The van der Waals surface area contributed by atoms with E-state index in [1.54, 1.807) is 6.07 Å². The van der Waals surface area contributed by atoms with Gasteiger partial charge in [-0.05, 0) is 37.2 Å². The lowest BCUT2D eigenvalue weighted by Gasteiger charge is -2.20. The molecule has 0 spiro atoms. The monoisotopic (exact) mass is 324 g/mol. The minimum atomic E-state index is -0.388.